The second kappa shape index (κ2) is 6.75. The first kappa shape index (κ1) is 15.4. The lowest BCUT2D eigenvalue weighted by Crippen LogP contribution is -2.07. The van der Waals surface area contributed by atoms with E-state index in [1.165, 1.54) is 10.8 Å². The molecule has 3 aromatic carbocycles. The Morgan fingerprint density at radius 3 is 2.48 bits per heavy atom. The fourth-order valence-electron chi connectivity index (χ4n) is 2.35. The molecular formula is C19H17NO2S. The minimum Gasteiger partial charge on any atom is -0.462 e. The highest BCUT2D eigenvalue weighted by atomic mass is 32.2. The third kappa shape index (κ3) is 3.48. The van der Waals surface area contributed by atoms with Gasteiger partial charge in [-0.15, -0.1) is 0 Å². The maximum Gasteiger partial charge on any atom is 0.340 e. The Bertz CT molecular complexity index is 861. The summed E-state index contributed by atoms with van der Waals surface area (Å²) in [6.45, 7) is 2.11. The predicted molar refractivity (Wildman–Crippen MR) is 94.9 cm³/mol. The van der Waals surface area contributed by atoms with Gasteiger partial charge >= 0.3 is 5.97 Å². The number of fused-ring (bicyclic) bond motifs is 1. The zero-order valence-corrected chi connectivity index (χ0v) is 13.6. The molecule has 0 amide bonds. The zero-order valence-electron chi connectivity index (χ0n) is 12.8. The topological polar surface area (TPSA) is 52.3 Å². The van der Waals surface area contributed by atoms with Gasteiger partial charge in [-0.1, -0.05) is 42.1 Å². The summed E-state index contributed by atoms with van der Waals surface area (Å²) in [6.07, 6.45) is 0. The molecule has 0 aliphatic carbocycles. The average molecular weight is 323 g/mol. The summed E-state index contributed by atoms with van der Waals surface area (Å²) in [7, 11) is 0. The van der Waals surface area contributed by atoms with Gasteiger partial charge in [0.1, 0.15) is 0 Å². The average Bonchev–Trinajstić information content (AvgIpc) is 2.56. The van der Waals surface area contributed by atoms with Gasteiger partial charge in [0, 0.05) is 15.5 Å². The number of esters is 1. The molecule has 0 saturated heterocycles. The van der Waals surface area contributed by atoms with Crippen LogP contribution in [0.4, 0.5) is 5.69 Å². The lowest BCUT2D eigenvalue weighted by atomic mass is 10.1. The number of anilines is 1. The van der Waals surface area contributed by atoms with Crippen molar-refractivity contribution in [2.75, 3.05) is 12.3 Å². The van der Waals surface area contributed by atoms with Crippen LogP contribution in [0.2, 0.25) is 0 Å². The van der Waals surface area contributed by atoms with Crippen LogP contribution in [0.1, 0.15) is 17.3 Å². The van der Waals surface area contributed by atoms with Crippen LogP contribution < -0.4 is 5.73 Å². The van der Waals surface area contributed by atoms with E-state index in [9.17, 15) is 4.79 Å². The van der Waals surface area contributed by atoms with Crippen molar-refractivity contribution in [2.24, 2.45) is 0 Å². The third-order valence-corrected chi connectivity index (χ3v) is 4.46. The fourth-order valence-corrected chi connectivity index (χ4v) is 3.26. The van der Waals surface area contributed by atoms with Crippen LogP contribution in [0.15, 0.2) is 70.5 Å². The molecule has 3 rings (SSSR count). The Balaban J connectivity index is 1.89. The minimum atomic E-state index is -0.383. The molecule has 0 aliphatic heterocycles. The molecule has 116 valence electrons. The van der Waals surface area contributed by atoms with E-state index in [0.29, 0.717) is 17.9 Å². The first-order chi connectivity index (χ1) is 11.2. The van der Waals surface area contributed by atoms with E-state index in [0.717, 1.165) is 9.79 Å². The summed E-state index contributed by atoms with van der Waals surface area (Å²) in [6, 6.07) is 20.0. The Morgan fingerprint density at radius 2 is 1.70 bits per heavy atom. The number of carbonyl (C=O) groups is 1. The van der Waals surface area contributed by atoms with Crippen molar-refractivity contribution in [3.05, 3.63) is 66.2 Å². The predicted octanol–water partition coefficient (Wildman–Crippen LogP) is 4.75. The van der Waals surface area contributed by atoms with Gasteiger partial charge in [-0.3, -0.25) is 0 Å². The highest BCUT2D eigenvalue weighted by Gasteiger charge is 2.12. The number of hydrogen-bond donors (Lipinski definition) is 1. The van der Waals surface area contributed by atoms with Gasteiger partial charge in [0.2, 0.25) is 0 Å². The highest BCUT2D eigenvalue weighted by Crippen LogP contribution is 2.32. The minimum absolute atomic E-state index is 0.334. The van der Waals surface area contributed by atoms with E-state index >= 15 is 0 Å². The highest BCUT2D eigenvalue weighted by molar-refractivity contribution is 7.99. The second-order valence-electron chi connectivity index (χ2n) is 5.08. The van der Waals surface area contributed by atoms with Crippen LogP contribution in [0.3, 0.4) is 0 Å². The van der Waals surface area contributed by atoms with E-state index in [1.807, 2.05) is 18.2 Å². The lowest BCUT2D eigenvalue weighted by Gasteiger charge is -2.08. The van der Waals surface area contributed by atoms with Crippen molar-refractivity contribution >= 4 is 34.2 Å². The summed E-state index contributed by atoms with van der Waals surface area (Å²) < 4.78 is 5.04. The van der Waals surface area contributed by atoms with Crippen LogP contribution in [0.25, 0.3) is 10.8 Å². The number of nitrogens with two attached hydrogens (primary N) is 1. The fraction of sp³-hybridized carbons (Fsp3) is 0.105. The molecule has 0 aromatic heterocycles. The van der Waals surface area contributed by atoms with Crippen LogP contribution >= 0.6 is 11.8 Å². The molecule has 3 aromatic rings. The standard InChI is InChI=1S/C19H17NO2S/c1-2-22-19(21)17-12-16(9-10-18(17)20)23-15-8-7-13-5-3-4-6-14(13)11-15/h3-12H,2,20H2,1H3. The molecule has 3 nitrogen and oxygen atoms in total. The molecule has 0 unspecified atom stereocenters. The third-order valence-electron chi connectivity index (χ3n) is 3.48. The molecular weight excluding hydrogens is 306 g/mol. The smallest absolute Gasteiger partial charge is 0.340 e. The maximum atomic E-state index is 11.9. The van der Waals surface area contributed by atoms with Gasteiger partial charge < -0.3 is 10.5 Å². The largest absolute Gasteiger partial charge is 0.462 e. The second-order valence-corrected chi connectivity index (χ2v) is 6.23. The Kier molecular flexibility index (Phi) is 4.53. The maximum absolute atomic E-state index is 11.9. The molecule has 0 saturated carbocycles. The Labute approximate surface area is 139 Å². The van der Waals surface area contributed by atoms with Crippen LogP contribution in [-0.4, -0.2) is 12.6 Å². The van der Waals surface area contributed by atoms with Crippen molar-refractivity contribution in [3.63, 3.8) is 0 Å². The van der Waals surface area contributed by atoms with Crippen LogP contribution in [0, 0.1) is 0 Å². The molecule has 0 bridgehead atoms. The summed E-state index contributed by atoms with van der Waals surface area (Å²) in [5.74, 6) is -0.383. The number of rotatable bonds is 4. The van der Waals surface area contributed by atoms with Gasteiger partial charge in [-0.25, -0.2) is 4.79 Å². The van der Waals surface area contributed by atoms with Crippen molar-refractivity contribution in [1.82, 2.24) is 0 Å². The number of ether oxygens (including phenoxy) is 1. The zero-order chi connectivity index (χ0) is 16.2. The van der Waals surface area contributed by atoms with E-state index < -0.39 is 0 Å². The normalized spacial score (nSPS) is 10.7. The van der Waals surface area contributed by atoms with E-state index in [-0.39, 0.29) is 5.97 Å². The summed E-state index contributed by atoms with van der Waals surface area (Å²) in [4.78, 5) is 14.0. The van der Waals surface area contributed by atoms with Crippen molar-refractivity contribution in [2.45, 2.75) is 16.7 Å². The molecule has 0 aliphatic rings. The van der Waals surface area contributed by atoms with Crippen LogP contribution in [0.5, 0.6) is 0 Å². The lowest BCUT2D eigenvalue weighted by molar-refractivity contribution is 0.0527. The molecule has 0 fully saturated rings. The molecule has 0 atom stereocenters. The first-order valence-electron chi connectivity index (χ1n) is 7.40. The quantitative estimate of drug-likeness (QED) is 0.556. The van der Waals surface area contributed by atoms with Gasteiger partial charge in [-0.2, -0.15) is 0 Å². The number of carbonyl (C=O) groups excluding carboxylic acids is 1. The van der Waals surface area contributed by atoms with E-state index in [4.69, 9.17) is 10.5 Å². The summed E-state index contributed by atoms with van der Waals surface area (Å²) >= 11 is 1.60. The Morgan fingerprint density at radius 1 is 1.00 bits per heavy atom. The van der Waals surface area contributed by atoms with Gasteiger partial charge in [0.15, 0.2) is 0 Å². The molecule has 4 heteroatoms. The number of benzene rings is 3. The monoisotopic (exact) mass is 323 g/mol. The molecule has 23 heavy (non-hydrogen) atoms. The van der Waals surface area contributed by atoms with E-state index in [1.54, 1.807) is 30.8 Å². The summed E-state index contributed by atoms with van der Waals surface area (Å²) in [5, 5.41) is 2.40. The Hall–Kier alpha value is -2.46. The van der Waals surface area contributed by atoms with Crippen molar-refractivity contribution < 1.29 is 9.53 Å². The van der Waals surface area contributed by atoms with E-state index in [2.05, 4.69) is 30.3 Å². The number of hydrogen-bond acceptors (Lipinski definition) is 4. The molecule has 2 N–H and O–H groups in total. The SMILES string of the molecule is CCOC(=O)c1cc(Sc2ccc3ccccc3c2)ccc1N. The molecule has 0 spiro atoms. The van der Waals surface area contributed by atoms with Gasteiger partial charge in [0.25, 0.3) is 0 Å². The molecule has 0 heterocycles. The van der Waals surface area contributed by atoms with Gasteiger partial charge in [-0.05, 0) is 48.0 Å². The molecule has 0 radical (unpaired) electrons. The number of nitrogen functional groups attached to an aromatic ring is 1. The summed E-state index contributed by atoms with van der Waals surface area (Å²) in [5.41, 5.74) is 6.73. The van der Waals surface area contributed by atoms with Crippen LogP contribution in [-0.2, 0) is 4.74 Å². The van der Waals surface area contributed by atoms with Crippen molar-refractivity contribution in [1.29, 1.82) is 0 Å². The first-order valence-corrected chi connectivity index (χ1v) is 8.22. The van der Waals surface area contributed by atoms with Gasteiger partial charge in [0.05, 0.1) is 12.2 Å². The van der Waals surface area contributed by atoms with Crippen molar-refractivity contribution in [3.8, 4) is 0 Å².